The lowest BCUT2D eigenvalue weighted by Gasteiger charge is -2.17. The molecule has 0 bridgehead atoms. The summed E-state index contributed by atoms with van der Waals surface area (Å²) in [5.74, 6) is 1.53. The van der Waals surface area contributed by atoms with Gasteiger partial charge in [-0.25, -0.2) is 0 Å². The number of ether oxygens (including phenoxy) is 4. The molecule has 1 aromatic rings. The zero-order valence-electron chi connectivity index (χ0n) is 12.5. The van der Waals surface area contributed by atoms with E-state index in [9.17, 15) is 4.79 Å². The summed E-state index contributed by atoms with van der Waals surface area (Å²) in [6.07, 6.45) is 2.17. The highest BCUT2D eigenvalue weighted by Crippen LogP contribution is 2.27. The van der Waals surface area contributed by atoms with Gasteiger partial charge in [-0.15, -0.1) is 0 Å². The second kappa shape index (κ2) is 7.17. The van der Waals surface area contributed by atoms with E-state index in [1.54, 1.807) is 32.4 Å². The SMILES string of the molecule is COC(=O)C(COc1cc(OC)cc(OC)c1)NC1CC1. The van der Waals surface area contributed by atoms with E-state index in [4.69, 9.17) is 18.9 Å². The maximum atomic E-state index is 11.7. The Kier molecular flexibility index (Phi) is 5.27. The summed E-state index contributed by atoms with van der Waals surface area (Å²) in [6, 6.07) is 5.16. The Labute approximate surface area is 124 Å². The van der Waals surface area contributed by atoms with Crippen molar-refractivity contribution in [3.63, 3.8) is 0 Å². The Balaban J connectivity index is 2.00. The highest BCUT2D eigenvalue weighted by molar-refractivity contribution is 5.76. The molecule has 1 saturated carbocycles. The standard InChI is InChI=1S/C15H21NO5/c1-18-11-6-12(19-2)8-13(7-11)21-9-14(15(17)20-3)16-10-4-5-10/h6-8,10,14,16H,4-5,9H2,1-3H3. The monoisotopic (exact) mass is 295 g/mol. The highest BCUT2D eigenvalue weighted by Gasteiger charge is 2.29. The van der Waals surface area contributed by atoms with Crippen molar-refractivity contribution in [2.45, 2.75) is 24.9 Å². The van der Waals surface area contributed by atoms with Crippen molar-refractivity contribution in [3.8, 4) is 17.2 Å². The quantitative estimate of drug-likeness (QED) is 0.731. The summed E-state index contributed by atoms with van der Waals surface area (Å²) in [4.78, 5) is 11.7. The number of carbonyl (C=O) groups is 1. The zero-order valence-corrected chi connectivity index (χ0v) is 12.5. The highest BCUT2D eigenvalue weighted by atomic mass is 16.5. The molecule has 0 spiro atoms. The van der Waals surface area contributed by atoms with Crippen molar-refractivity contribution in [1.29, 1.82) is 0 Å². The van der Waals surface area contributed by atoms with E-state index in [2.05, 4.69) is 5.32 Å². The van der Waals surface area contributed by atoms with Gasteiger partial charge in [0.25, 0.3) is 0 Å². The molecule has 0 saturated heterocycles. The molecule has 0 radical (unpaired) electrons. The summed E-state index contributed by atoms with van der Waals surface area (Å²) in [7, 11) is 4.52. The van der Waals surface area contributed by atoms with Crippen LogP contribution in [-0.4, -0.2) is 46.0 Å². The fourth-order valence-electron chi connectivity index (χ4n) is 1.91. The summed E-state index contributed by atoms with van der Waals surface area (Å²) < 4.78 is 20.8. The van der Waals surface area contributed by atoms with Crippen LogP contribution < -0.4 is 19.5 Å². The molecule has 1 N–H and O–H groups in total. The maximum absolute atomic E-state index is 11.7. The molecule has 0 heterocycles. The van der Waals surface area contributed by atoms with Crippen LogP contribution in [0.25, 0.3) is 0 Å². The van der Waals surface area contributed by atoms with Crippen LogP contribution in [0.5, 0.6) is 17.2 Å². The molecular formula is C15H21NO5. The third kappa shape index (κ3) is 4.53. The van der Waals surface area contributed by atoms with Crippen LogP contribution >= 0.6 is 0 Å². The Morgan fingerprint density at radius 1 is 1.14 bits per heavy atom. The van der Waals surface area contributed by atoms with Crippen LogP contribution in [0.1, 0.15) is 12.8 Å². The van der Waals surface area contributed by atoms with Crippen LogP contribution in [0, 0.1) is 0 Å². The third-order valence-electron chi connectivity index (χ3n) is 3.24. The molecule has 1 fully saturated rings. The van der Waals surface area contributed by atoms with Gasteiger partial charge in [0, 0.05) is 24.2 Å². The summed E-state index contributed by atoms with van der Waals surface area (Å²) in [5.41, 5.74) is 0. The van der Waals surface area contributed by atoms with Gasteiger partial charge >= 0.3 is 5.97 Å². The van der Waals surface area contributed by atoms with Gasteiger partial charge in [-0.05, 0) is 12.8 Å². The Bertz CT molecular complexity index is 465. The van der Waals surface area contributed by atoms with Gasteiger partial charge in [-0.2, -0.15) is 0 Å². The van der Waals surface area contributed by atoms with Crippen molar-refractivity contribution in [2.24, 2.45) is 0 Å². The first kappa shape index (κ1) is 15.4. The van der Waals surface area contributed by atoms with Crippen molar-refractivity contribution < 1.29 is 23.7 Å². The van der Waals surface area contributed by atoms with Gasteiger partial charge in [-0.3, -0.25) is 10.1 Å². The van der Waals surface area contributed by atoms with Crippen LogP contribution in [0.3, 0.4) is 0 Å². The molecule has 21 heavy (non-hydrogen) atoms. The van der Waals surface area contributed by atoms with E-state index < -0.39 is 6.04 Å². The Morgan fingerprint density at radius 3 is 2.19 bits per heavy atom. The van der Waals surface area contributed by atoms with Crippen molar-refractivity contribution >= 4 is 5.97 Å². The normalized spacial score (nSPS) is 15.2. The minimum Gasteiger partial charge on any atom is -0.496 e. The second-order valence-electron chi connectivity index (χ2n) is 4.88. The van der Waals surface area contributed by atoms with Gasteiger partial charge in [0.05, 0.1) is 21.3 Å². The molecule has 116 valence electrons. The summed E-state index contributed by atoms with van der Waals surface area (Å²) >= 11 is 0. The molecule has 1 aliphatic rings. The smallest absolute Gasteiger partial charge is 0.326 e. The van der Waals surface area contributed by atoms with Gasteiger partial charge in [0.1, 0.15) is 29.9 Å². The van der Waals surface area contributed by atoms with Gasteiger partial charge < -0.3 is 18.9 Å². The first-order valence-corrected chi connectivity index (χ1v) is 6.86. The molecule has 1 aliphatic carbocycles. The fourth-order valence-corrected chi connectivity index (χ4v) is 1.91. The lowest BCUT2D eigenvalue weighted by atomic mass is 10.3. The van der Waals surface area contributed by atoms with Gasteiger partial charge in [0.15, 0.2) is 0 Å². The van der Waals surface area contributed by atoms with Crippen molar-refractivity contribution in [3.05, 3.63) is 18.2 Å². The molecule has 2 rings (SSSR count). The van der Waals surface area contributed by atoms with E-state index >= 15 is 0 Å². The molecule has 1 aromatic carbocycles. The van der Waals surface area contributed by atoms with Crippen molar-refractivity contribution in [2.75, 3.05) is 27.9 Å². The van der Waals surface area contributed by atoms with Crippen LogP contribution in [0.15, 0.2) is 18.2 Å². The van der Waals surface area contributed by atoms with Crippen molar-refractivity contribution in [1.82, 2.24) is 5.32 Å². The van der Waals surface area contributed by atoms with Gasteiger partial charge in [-0.1, -0.05) is 0 Å². The van der Waals surface area contributed by atoms with E-state index in [0.717, 1.165) is 12.8 Å². The minimum atomic E-state index is -0.473. The molecule has 1 unspecified atom stereocenters. The first-order valence-electron chi connectivity index (χ1n) is 6.86. The Hall–Kier alpha value is -1.95. The fraction of sp³-hybridized carbons (Fsp3) is 0.533. The van der Waals surface area contributed by atoms with E-state index in [1.165, 1.54) is 7.11 Å². The van der Waals surface area contributed by atoms with Gasteiger partial charge in [0.2, 0.25) is 0 Å². The first-order chi connectivity index (χ1) is 10.2. The van der Waals surface area contributed by atoms with Crippen LogP contribution in [0.2, 0.25) is 0 Å². The van der Waals surface area contributed by atoms with E-state index in [1.807, 2.05) is 0 Å². The number of esters is 1. The predicted molar refractivity (Wildman–Crippen MR) is 77.0 cm³/mol. The van der Waals surface area contributed by atoms with E-state index in [0.29, 0.717) is 23.3 Å². The molecule has 1 atom stereocenters. The lowest BCUT2D eigenvalue weighted by molar-refractivity contribution is -0.144. The average Bonchev–Trinajstić information content (AvgIpc) is 3.34. The number of carbonyl (C=O) groups excluding carboxylic acids is 1. The molecule has 0 amide bonds. The third-order valence-corrected chi connectivity index (χ3v) is 3.24. The number of rotatable bonds is 8. The zero-order chi connectivity index (χ0) is 15.2. The predicted octanol–water partition coefficient (Wildman–Crippen LogP) is 1.38. The average molecular weight is 295 g/mol. The molecule has 0 aromatic heterocycles. The second-order valence-corrected chi connectivity index (χ2v) is 4.88. The maximum Gasteiger partial charge on any atom is 0.326 e. The molecular weight excluding hydrogens is 274 g/mol. The van der Waals surface area contributed by atoms with E-state index in [-0.39, 0.29) is 12.6 Å². The number of benzene rings is 1. The van der Waals surface area contributed by atoms with Crippen LogP contribution in [0.4, 0.5) is 0 Å². The largest absolute Gasteiger partial charge is 0.496 e. The van der Waals surface area contributed by atoms with Crippen LogP contribution in [-0.2, 0) is 9.53 Å². The minimum absolute atomic E-state index is 0.194. The number of nitrogens with one attached hydrogen (secondary N) is 1. The molecule has 0 aliphatic heterocycles. The summed E-state index contributed by atoms with van der Waals surface area (Å²) in [5, 5.41) is 3.21. The number of methoxy groups -OCH3 is 3. The lowest BCUT2D eigenvalue weighted by Crippen LogP contribution is -2.43. The summed E-state index contributed by atoms with van der Waals surface area (Å²) in [6.45, 7) is 0.194. The Morgan fingerprint density at radius 2 is 1.71 bits per heavy atom. The topological polar surface area (TPSA) is 66.0 Å². The number of hydrogen-bond donors (Lipinski definition) is 1. The molecule has 6 heteroatoms. The molecule has 6 nitrogen and oxygen atoms in total. The number of hydrogen-bond acceptors (Lipinski definition) is 6.